The van der Waals surface area contributed by atoms with E-state index in [1.165, 1.54) is 12.1 Å². The number of hydrogen-bond donors (Lipinski definition) is 2. The fourth-order valence-corrected chi connectivity index (χ4v) is 3.70. The van der Waals surface area contributed by atoms with Gasteiger partial charge in [-0.3, -0.25) is 9.78 Å². The molecule has 0 spiro atoms. The Morgan fingerprint density at radius 1 is 1.31 bits per heavy atom. The van der Waals surface area contributed by atoms with E-state index < -0.39 is 10.0 Å². The molecule has 1 aromatic carbocycles. The van der Waals surface area contributed by atoms with Crippen molar-refractivity contribution in [3.63, 3.8) is 0 Å². The molecular weight excluding hydrogens is 354 g/mol. The first-order valence-corrected chi connectivity index (χ1v) is 9.83. The lowest BCUT2D eigenvalue weighted by Gasteiger charge is -2.12. The van der Waals surface area contributed by atoms with Gasteiger partial charge in [-0.2, -0.15) is 0 Å². The normalized spacial score (nSPS) is 17.2. The molecule has 1 saturated heterocycles. The molecule has 3 rings (SSSR count). The summed E-state index contributed by atoms with van der Waals surface area (Å²) in [5.74, 6) is -0.307. The third-order valence-electron chi connectivity index (χ3n) is 4.22. The number of rotatable bonds is 6. The number of benzene rings is 1. The molecule has 0 radical (unpaired) electrons. The van der Waals surface area contributed by atoms with Crippen LogP contribution in [0.2, 0.25) is 0 Å². The molecular formula is C18H21N3O4S. The molecule has 0 unspecified atom stereocenters. The summed E-state index contributed by atoms with van der Waals surface area (Å²) in [6, 6.07) is 9.61. The van der Waals surface area contributed by atoms with Crippen LogP contribution in [0.15, 0.2) is 47.5 Å². The molecule has 1 fully saturated rings. The van der Waals surface area contributed by atoms with Gasteiger partial charge in [-0.25, -0.2) is 13.1 Å². The first-order valence-electron chi connectivity index (χ1n) is 8.34. The summed E-state index contributed by atoms with van der Waals surface area (Å²) in [6.07, 6.45) is 2.38. The second-order valence-electron chi connectivity index (χ2n) is 6.15. The minimum absolute atomic E-state index is 0.0342. The molecule has 1 amide bonds. The van der Waals surface area contributed by atoms with Crippen LogP contribution in [0.1, 0.15) is 28.0 Å². The molecule has 0 bridgehead atoms. The first kappa shape index (κ1) is 18.5. The van der Waals surface area contributed by atoms with E-state index in [0.29, 0.717) is 24.5 Å². The van der Waals surface area contributed by atoms with Gasteiger partial charge in [0.05, 0.1) is 29.8 Å². The number of amides is 1. The molecule has 1 aliphatic rings. The van der Waals surface area contributed by atoms with Gasteiger partial charge in [0, 0.05) is 18.4 Å². The van der Waals surface area contributed by atoms with E-state index in [2.05, 4.69) is 15.0 Å². The molecule has 138 valence electrons. The topological polar surface area (TPSA) is 97.4 Å². The van der Waals surface area contributed by atoms with E-state index in [-0.39, 0.29) is 23.4 Å². The van der Waals surface area contributed by atoms with Gasteiger partial charge >= 0.3 is 0 Å². The van der Waals surface area contributed by atoms with Gasteiger partial charge in [0.15, 0.2) is 0 Å². The van der Waals surface area contributed by atoms with Crippen LogP contribution in [0.5, 0.6) is 0 Å². The Morgan fingerprint density at radius 3 is 2.88 bits per heavy atom. The third-order valence-corrected chi connectivity index (χ3v) is 5.62. The monoisotopic (exact) mass is 375 g/mol. The predicted octanol–water partition coefficient (Wildman–Crippen LogP) is 1.39. The number of nitrogens with zero attached hydrogens (tertiary/aromatic N) is 1. The largest absolute Gasteiger partial charge is 0.379 e. The van der Waals surface area contributed by atoms with Gasteiger partial charge in [-0.1, -0.05) is 12.1 Å². The number of nitrogens with one attached hydrogen (secondary N) is 2. The molecule has 0 aliphatic carbocycles. The Hall–Kier alpha value is -2.29. The minimum atomic E-state index is -3.75. The minimum Gasteiger partial charge on any atom is -0.379 e. The van der Waals surface area contributed by atoms with Crippen LogP contribution < -0.4 is 10.0 Å². The fourth-order valence-electron chi connectivity index (χ4n) is 2.67. The Bertz CT molecular complexity index is 893. The number of aromatic nitrogens is 1. The summed E-state index contributed by atoms with van der Waals surface area (Å²) in [7, 11) is -3.75. The number of aryl methyl sites for hydroxylation is 1. The first-order chi connectivity index (χ1) is 12.5. The average Bonchev–Trinajstić information content (AvgIpc) is 3.14. The van der Waals surface area contributed by atoms with E-state index in [9.17, 15) is 13.2 Å². The molecule has 26 heavy (non-hydrogen) atoms. The Kier molecular flexibility index (Phi) is 5.65. The van der Waals surface area contributed by atoms with Crippen LogP contribution in [-0.4, -0.2) is 38.6 Å². The maximum Gasteiger partial charge on any atom is 0.251 e. The lowest BCUT2D eigenvalue weighted by atomic mass is 10.2. The molecule has 1 aromatic heterocycles. The SMILES string of the molecule is Cc1cccnc1CNS(=O)(=O)c1cccc(C(=O)N[C@H]2CCOC2)c1. The molecule has 2 heterocycles. The lowest BCUT2D eigenvalue weighted by molar-refractivity contribution is 0.0929. The summed E-state index contributed by atoms with van der Waals surface area (Å²) < 4.78 is 32.8. The van der Waals surface area contributed by atoms with E-state index in [1.54, 1.807) is 24.4 Å². The van der Waals surface area contributed by atoms with E-state index in [4.69, 9.17) is 4.74 Å². The smallest absolute Gasteiger partial charge is 0.251 e. The summed E-state index contributed by atoms with van der Waals surface area (Å²) in [4.78, 5) is 16.5. The van der Waals surface area contributed by atoms with Crippen molar-refractivity contribution < 1.29 is 17.9 Å². The van der Waals surface area contributed by atoms with Crippen molar-refractivity contribution in [1.82, 2.24) is 15.0 Å². The van der Waals surface area contributed by atoms with Gasteiger partial charge < -0.3 is 10.1 Å². The summed E-state index contributed by atoms with van der Waals surface area (Å²) >= 11 is 0. The molecule has 1 atom stereocenters. The second-order valence-corrected chi connectivity index (χ2v) is 7.92. The quantitative estimate of drug-likeness (QED) is 0.795. The van der Waals surface area contributed by atoms with Crippen molar-refractivity contribution >= 4 is 15.9 Å². The lowest BCUT2D eigenvalue weighted by Crippen LogP contribution is -2.35. The van der Waals surface area contributed by atoms with Crippen LogP contribution in [0.4, 0.5) is 0 Å². The van der Waals surface area contributed by atoms with Crippen molar-refractivity contribution in [2.24, 2.45) is 0 Å². The Balaban J connectivity index is 1.71. The van der Waals surface area contributed by atoms with Gasteiger partial charge in [-0.15, -0.1) is 0 Å². The predicted molar refractivity (Wildman–Crippen MR) is 96.1 cm³/mol. The van der Waals surface area contributed by atoms with Crippen LogP contribution in [0, 0.1) is 6.92 Å². The molecule has 7 nitrogen and oxygen atoms in total. The molecule has 2 aromatic rings. The average molecular weight is 375 g/mol. The number of ether oxygens (including phenoxy) is 1. The van der Waals surface area contributed by atoms with Crippen LogP contribution in [-0.2, 0) is 21.3 Å². The third kappa shape index (κ3) is 4.46. The Morgan fingerprint density at radius 2 is 2.15 bits per heavy atom. The highest BCUT2D eigenvalue weighted by molar-refractivity contribution is 7.89. The number of hydrogen-bond acceptors (Lipinski definition) is 5. The zero-order chi connectivity index (χ0) is 18.6. The van der Waals surface area contributed by atoms with E-state index in [0.717, 1.165) is 12.0 Å². The van der Waals surface area contributed by atoms with Crippen molar-refractivity contribution in [3.8, 4) is 0 Å². The van der Waals surface area contributed by atoms with Gasteiger partial charge in [0.2, 0.25) is 10.0 Å². The number of carbonyl (C=O) groups is 1. The second kappa shape index (κ2) is 7.94. The maximum absolute atomic E-state index is 12.5. The molecule has 0 saturated carbocycles. The maximum atomic E-state index is 12.5. The summed E-state index contributed by atoms with van der Waals surface area (Å²) in [5.41, 5.74) is 1.86. The number of sulfonamides is 1. The van der Waals surface area contributed by atoms with E-state index >= 15 is 0 Å². The fraction of sp³-hybridized carbons (Fsp3) is 0.333. The number of carbonyl (C=O) groups excluding carboxylic acids is 1. The highest BCUT2D eigenvalue weighted by Crippen LogP contribution is 2.14. The van der Waals surface area contributed by atoms with Crippen molar-refractivity contribution in [1.29, 1.82) is 0 Å². The van der Waals surface area contributed by atoms with Crippen molar-refractivity contribution in [2.45, 2.75) is 30.8 Å². The molecule has 8 heteroatoms. The highest BCUT2D eigenvalue weighted by Gasteiger charge is 2.20. The summed E-state index contributed by atoms with van der Waals surface area (Å²) in [5, 5.41) is 2.85. The van der Waals surface area contributed by atoms with Crippen molar-refractivity contribution in [3.05, 3.63) is 59.4 Å². The van der Waals surface area contributed by atoms with Gasteiger partial charge in [-0.05, 0) is 43.2 Å². The van der Waals surface area contributed by atoms with Crippen molar-refractivity contribution in [2.75, 3.05) is 13.2 Å². The number of pyridine rings is 1. The highest BCUT2D eigenvalue weighted by atomic mass is 32.2. The van der Waals surface area contributed by atoms with Gasteiger partial charge in [0.1, 0.15) is 0 Å². The van der Waals surface area contributed by atoms with E-state index in [1.807, 2.05) is 13.0 Å². The zero-order valence-corrected chi connectivity index (χ0v) is 15.3. The van der Waals surface area contributed by atoms with Crippen LogP contribution >= 0.6 is 0 Å². The molecule has 2 N–H and O–H groups in total. The van der Waals surface area contributed by atoms with Gasteiger partial charge in [0.25, 0.3) is 5.91 Å². The Labute approximate surface area is 152 Å². The molecule has 1 aliphatic heterocycles. The van der Waals surface area contributed by atoms with Crippen LogP contribution in [0.3, 0.4) is 0 Å². The summed E-state index contributed by atoms with van der Waals surface area (Å²) in [6.45, 7) is 3.06. The zero-order valence-electron chi connectivity index (χ0n) is 14.4. The van der Waals surface area contributed by atoms with Crippen LogP contribution in [0.25, 0.3) is 0 Å². The standard InChI is InChI=1S/C18H21N3O4S/c1-13-4-3-8-19-17(13)11-20-26(23,24)16-6-2-5-14(10-16)18(22)21-15-7-9-25-12-15/h2-6,8,10,15,20H,7,9,11-12H2,1H3,(H,21,22)/t15-/m0/s1.